The van der Waals surface area contributed by atoms with Gasteiger partial charge in [-0.1, -0.05) is 11.3 Å². The van der Waals surface area contributed by atoms with Gasteiger partial charge in [-0.25, -0.2) is 9.78 Å². The zero-order chi connectivity index (χ0) is 14.5. The molecule has 1 aromatic heterocycles. The van der Waals surface area contributed by atoms with Gasteiger partial charge in [-0.3, -0.25) is 15.0 Å². The maximum absolute atomic E-state index is 12.0. The van der Waals surface area contributed by atoms with Crippen LogP contribution >= 0.6 is 27.3 Å². The van der Waals surface area contributed by atoms with Crippen LogP contribution in [-0.2, 0) is 4.79 Å². The predicted octanol–water partition coefficient (Wildman–Crippen LogP) is 1.53. The van der Waals surface area contributed by atoms with Crippen LogP contribution in [0.25, 0.3) is 0 Å². The molecule has 0 atom stereocenters. The Kier molecular flexibility index (Phi) is 5.32. The number of hydrogen-bond acceptors (Lipinski definition) is 5. The molecule has 110 valence electrons. The number of anilines is 1. The third kappa shape index (κ3) is 4.43. The first-order valence-corrected chi connectivity index (χ1v) is 7.77. The molecule has 1 aliphatic heterocycles. The SMILES string of the molecule is O=C(O)CCN1CCN(C(=O)Nc2ncc(Br)s2)CC1. The van der Waals surface area contributed by atoms with E-state index in [9.17, 15) is 9.59 Å². The number of nitrogens with zero attached hydrogens (tertiary/aromatic N) is 3. The fourth-order valence-electron chi connectivity index (χ4n) is 1.91. The van der Waals surface area contributed by atoms with Crippen LogP contribution in [0.3, 0.4) is 0 Å². The number of nitrogens with one attached hydrogen (secondary N) is 1. The molecule has 0 saturated carbocycles. The van der Waals surface area contributed by atoms with Gasteiger partial charge in [0.05, 0.1) is 16.4 Å². The molecule has 7 nitrogen and oxygen atoms in total. The van der Waals surface area contributed by atoms with Crippen molar-refractivity contribution in [1.29, 1.82) is 0 Å². The van der Waals surface area contributed by atoms with Gasteiger partial charge in [0.2, 0.25) is 0 Å². The summed E-state index contributed by atoms with van der Waals surface area (Å²) in [5, 5.41) is 12.0. The van der Waals surface area contributed by atoms with Crippen molar-refractivity contribution in [2.24, 2.45) is 0 Å². The van der Waals surface area contributed by atoms with Crippen molar-refractivity contribution in [3.05, 3.63) is 9.98 Å². The highest BCUT2D eigenvalue weighted by Crippen LogP contribution is 2.23. The summed E-state index contributed by atoms with van der Waals surface area (Å²) in [6.07, 6.45) is 1.78. The number of carboxylic acids is 1. The first-order chi connectivity index (χ1) is 9.54. The number of urea groups is 1. The molecule has 20 heavy (non-hydrogen) atoms. The van der Waals surface area contributed by atoms with E-state index < -0.39 is 5.97 Å². The molecule has 2 heterocycles. The number of carbonyl (C=O) groups excluding carboxylic acids is 1. The summed E-state index contributed by atoms with van der Waals surface area (Å²) in [6.45, 7) is 3.12. The van der Waals surface area contributed by atoms with E-state index in [0.29, 0.717) is 37.9 Å². The van der Waals surface area contributed by atoms with E-state index in [2.05, 4.69) is 31.1 Å². The number of rotatable bonds is 4. The molecule has 2 N–H and O–H groups in total. The van der Waals surface area contributed by atoms with E-state index in [4.69, 9.17) is 5.11 Å². The summed E-state index contributed by atoms with van der Waals surface area (Å²) in [5.74, 6) is -0.792. The minimum Gasteiger partial charge on any atom is -0.481 e. The number of carbonyl (C=O) groups is 2. The number of hydrogen-bond donors (Lipinski definition) is 2. The number of thiazole rings is 1. The van der Waals surface area contributed by atoms with E-state index in [1.54, 1.807) is 11.1 Å². The van der Waals surface area contributed by atoms with Crippen LogP contribution in [0.2, 0.25) is 0 Å². The maximum atomic E-state index is 12.0. The Morgan fingerprint density at radius 2 is 2.10 bits per heavy atom. The molecule has 1 aliphatic rings. The Morgan fingerprint density at radius 3 is 2.65 bits per heavy atom. The van der Waals surface area contributed by atoms with Crippen molar-refractivity contribution in [2.45, 2.75) is 6.42 Å². The maximum Gasteiger partial charge on any atom is 0.323 e. The van der Waals surface area contributed by atoms with Gasteiger partial charge < -0.3 is 10.0 Å². The van der Waals surface area contributed by atoms with E-state index in [0.717, 1.165) is 3.79 Å². The van der Waals surface area contributed by atoms with Gasteiger partial charge in [0.25, 0.3) is 0 Å². The molecule has 1 aromatic rings. The fourth-order valence-corrected chi connectivity index (χ4v) is 3.01. The predicted molar refractivity (Wildman–Crippen MR) is 79.1 cm³/mol. The largest absolute Gasteiger partial charge is 0.481 e. The molecule has 0 unspecified atom stereocenters. The first kappa shape index (κ1) is 15.2. The third-order valence-corrected chi connectivity index (χ3v) is 4.38. The normalized spacial score (nSPS) is 16.1. The van der Waals surface area contributed by atoms with Crippen LogP contribution in [0.4, 0.5) is 9.93 Å². The lowest BCUT2D eigenvalue weighted by Gasteiger charge is -2.34. The van der Waals surface area contributed by atoms with E-state index >= 15 is 0 Å². The summed E-state index contributed by atoms with van der Waals surface area (Å²) < 4.78 is 0.867. The average molecular weight is 363 g/mol. The number of piperazine rings is 1. The highest BCUT2D eigenvalue weighted by Gasteiger charge is 2.21. The quantitative estimate of drug-likeness (QED) is 0.848. The van der Waals surface area contributed by atoms with Gasteiger partial charge in [-0.05, 0) is 15.9 Å². The van der Waals surface area contributed by atoms with Crippen LogP contribution in [0.1, 0.15) is 6.42 Å². The summed E-state index contributed by atoms with van der Waals surface area (Å²) in [7, 11) is 0. The van der Waals surface area contributed by atoms with Crippen molar-refractivity contribution in [1.82, 2.24) is 14.8 Å². The standard InChI is InChI=1S/C11H15BrN4O3S/c12-8-7-13-10(20-8)14-11(19)16-5-3-15(4-6-16)2-1-9(17)18/h7H,1-6H2,(H,17,18)(H,13,14,19). The van der Waals surface area contributed by atoms with Crippen LogP contribution in [0.5, 0.6) is 0 Å². The Morgan fingerprint density at radius 1 is 1.40 bits per heavy atom. The topological polar surface area (TPSA) is 85.8 Å². The molecule has 2 rings (SSSR count). The monoisotopic (exact) mass is 362 g/mol. The van der Waals surface area contributed by atoms with E-state index in [-0.39, 0.29) is 12.5 Å². The zero-order valence-corrected chi connectivity index (χ0v) is 13.1. The van der Waals surface area contributed by atoms with E-state index in [1.807, 2.05) is 0 Å². The number of carboxylic acid groups (broad SMARTS) is 1. The summed E-state index contributed by atoms with van der Waals surface area (Å²) in [4.78, 5) is 30.3. The zero-order valence-electron chi connectivity index (χ0n) is 10.7. The van der Waals surface area contributed by atoms with Crippen molar-refractivity contribution >= 4 is 44.4 Å². The minimum atomic E-state index is -0.792. The second-order valence-corrected chi connectivity index (χ2v) is 6.78. The lowest BCUT2D eigenvalue weighted by Crippen LogP contribution is -2.50. The Bertz CT molecular complexity index is 488. The Labute approximate surface area is 128 Å². The summed E-state index contributed by atoms with van der Waals surface area (Å²) in [6, 6.07) is -0.162. The van der Waals surface area contributed by atoms with Crippen LogP contribution in [0.15, 0.2) is 9.98 Å². The van der Waals surface area contributed by atoms with E-state index in [1.165, 1.54) is 11.3 Å². The van der Waals surface area contributed by atoms with Crippen LogP contribution in [-0.4, -0.2) is 64.6 Å². The Hall–Kier alpha value is -1.19. The molecule has 0 aromatic carbocycles. The number of aliphatic carboxylic acids is 1. The number of amides is 2. The lowest BCUT2D eigenvalue weighted by molar-refractivity contribution is -0.137. The van der Waals surface area contributed by atoms with Crippen LogP contribution in [0, 0.1) is 0 Å². The molecule has 2 amide bonds. The minimum absolute atomic E-state index is 0.138. The summed E-state index contributed by atoms with van der Waals surface area (Å²) >= 11 is 4.65. The Balaban J connectivity index is 1.75. The van der Waals surface area contributed by atoms with Gasteiger partial charge in [0.15, 0.2) is 5.13 Å². The third-order valence-electron chi connectivity index (χ3n) is 2.99. The average Bonchev–Trinajstić information content (AvgIpc) is 2.82. The van der Waals surface area contributed by atoms with Crippen molar-refractivity contribution in [2.75, 3.05) is 38.0 Å². The fraction of sp³-hybridized carbons (Fsp3) is 0.545. The number of halogens is 1. The molecule has 9 heteroatoms. The summed E-state index contributed by atoms with van der Waals surface area (Å²) in [5.41, 5.74) is 0. The van der Waals surface area contributed by atoms with Gasteiger partial charge in [0.1, 0.15) is 0 Å². The molecule has 1 fully saturated rings. The highest BCUT2D eigenvalue weighted by atomic mass is 79.9. The van der Waals surface area contributed by atoms with Crippen molar-refractivity contribution in [3.8, 4) is 0 Å². The van der Waals surface area contributed by atoms with Gasteiger partial charge in [-0.15, -0.1) is 0 Å². The smallest absolute Gasteiger partial charge is 0.323 e. The molecule has 0 bridgehead atoms. The van der Waals surface area contributed by atoms with Gasteiger partial charge >= 0.3 is 12.0 Å². The molecular weight excluding hydrogens is 348 g/mol. The second-order valence-electron chi connectivity index (χ2n) is 4.37. The second kappa shape index (κ2) is 7.00. The highest BCUT2D eigenvalue weighted by molar-refractivity contribution is 9.11. The molecule has 1 saturated heterocycles. The molecule has 0 aliphatic carbocycles. The number of aromatic nitrogens is 1. The van der Waals surface area contributed by atoms with Crippen molar-refractivity contribution in [3.63, 3.8) is 0 Å². The van der Waals surface area contributed by atoms with Crippen molar-refractivity contribution < 1.29 is 14.7 Å². The molecular formula is C11H15BrN4O3S. The van der Waals surface area contributed by atoms with Gasteiger partial charge in [-0.2, -0.15) is 0 Å². The molecule has 0 spiro atoms. The lowest BCUT2D eigenvalue weighted by atomic mass is 10.3. The van der Waals surface area contributed by atoms with Crippen LogP contribution < -0.4 is 5.32 Å². The first-order valence-electron chi connectivity index (χ1n) is 6.16. The van der Waals surface area contributed by atoms with Gasteiger partial charge in [0, 0.05) is 32.7 Å². The molecule has 0 radical (unpaired) electrons.